The second-order valence-electron chi connectivity index (χ2n) is 3.08. The van der Waals surface area contributed by atoms with Gasteiger partial charge in [-0.25, -0.2) is 4.39 Å². The molecule has 2 aromatic carbocycles. The Bertz CT molecular complexity index is 377. The predicted octanol–water partition coefficient (Wildman–Crippen LogP) is 3.53. The van der Waals surface area contributed by atoms with E-state index in [1.807, 2.05) is 12.1 Å². The van der Waals surface area contributed by atoms with E-state index in [1.54, 1.807) is 43.3 Å². The Morgan fingerprint density at radius 1 is 0.867 bits per heavy atom. The third-order valence-corrected chi connectivity index (χ3v) is 1.83. The summed E-state index contributed by atoms with van der Waals surface area (Å²) in [6, 6.07) is 15.4. The molecule has 0 saturated heterocycles. The monoisotopic (exact) mass is 204 g/mol. The normalized spacial score (nSPS) is 8.93. The Hall–Kier alpha value is -1.83. The number of hydrogen-bond donors (Lipinski definition) is 1. The molecule has 2 rings (SSSR count). The molecule has 2 aromatic rings. The number of hydrogen-bond acceptors (Lipinski definition) is 1. The van der Waals surface area contributed by atoms with Crippen LogP contribution in [0.2, 0.25) is 0 Å². The summed E-state index contributed by atoms with van der Waals surface area (Å²) in [7, 11) is 0. The SMILES string of the molecule is Cc1ccccc1F.Oc1ccccc1. The zero-order valence-electron chi connectivity index (χ0n) is 8.52. The van der Waals surface area contributed by atoms with E-state index in [2.05, 4.69) is 0 Å². The van der Waals surface area contributed by atoms with Crippen LogP contribution in [0.4, 0.5) is 4.39 Å². The van der Waals surface area contributed by atoms with Gasteiger partial charge >= 0.3 is 0 Å². The van der Waals surface area contributed by atoms with Crippen LogP contribution in [0.3, 0.4) is 0 Å². The number of aromatic hydroxyl groups is 1. The van der Waals surface area contributed by atoms with Crippen molar-refractivity contribution in [3.05, 3.63) is 66.0 Å². The van der Waals surface area contributed by atoms with Gasteiger partial charge in [0.25, 0.3) is 0 Å². The van der Waals surface area contributed by atoms with Crippen molar-refractivity contribution in [3.63, 3.8) is 0 Å². The highest BCUT2D eigenvalue weighted by atomic mass is 19.1. The quantitative estimate of drug-likeness (QED) is 0.696. The number of phenols is 1. The molecular formula is C13H13FO. The lowest BCUT2D eigenvalue weighted by Crippen LogP contribution is -1.76. The van der Waals surface area contributed by atoms with Crippen molar-refractivity contribution in [2.45, 2.75) is 6.92 Å². The second-order valence-corrected chi connectivity index (χ2v) is 3.08. The highest BCUT2D eigenvalue weighted by molar-refractivity contribution is 5.18. The first-order valence-corrected chi connectivity index (χ1v) is 4.65. The maximum absolute atomic E-state index is 12.3. The third kappa shape index (κ3) is 4.27. The fraction of sp³-hybridized carbons (Fsp3) is 0.0769. The van der Waals surface area contributed by atoms with Gasteiger partial charge in [-0.05, 0) is 30.7 Å². The Labute approximate surface area is 88.8 Å². The summed E-state index contributed by atoms with van der Waals surface area (Å²) >= 11 is 0. The lowest BCUT2D eigenvalue weighted by Gasteiger charge is -1.89. The summed E-state index contributed by atoms with van der Waals surface area (Å²) in [5, 5.41) is 8.63. The van der Waals surface area contributed by atoms with Gasteiger partial charge in [-0.1, -0.05) is 36.4 Å². The van der Waals surface area contributed by atoms with Crippen LogP contribution in [0.5, 0.6) is 5.75 Å². The highest BCUT2D eigenvalue weighted by Gasteiger charge is 1.88. The molecule has 15 heavy (non-hydrogen) atoms. The van der Waals surface area contributed by atoms with Crippen LogP contribution < -0.4 is 0 Å². The Morgan fingerprint density at radius 2 is 1.40 bits per heavy atom. The molecule has 78 valence electrons. The van der Waals surface area contributed by atoms with Gasteiger partial charge in [0.15, 0.2) is 0 Å². The molecule has 0 amide bonds. The van der Waals surface area contributed by atoms with Gasteiger partial charge in [-0.3, -0.25) is 0 Å². The van der Waals surface area contributed by atoms with Crippen molar-refractivity contribution in [3.8, 4) is 5.75 Å². The summed E-state index contributed by atoms with van der Waals surface area (Å²) in [5.74, 6) is 0.190. The molecule has 0 saturated carbocycles. The molecule has 0 aliphatic heterocycles. The van der Waals surface area contributed by atoms with Crippen LogP contribution >= 0.6 is 0 Å². The van der Waals surface area contributed by atoms with Crippen LogP contribution in [0.1, 0.15) is 5.56 Å². The standard InChI is InChI=1S/C7H7F.C6H6O/c1-6-4-2-3-5-7(6)8;7-6-4-2-1-3-5-6/h2-5H,1H3;1-5,7H. The zero-order chi connectivity index (χ0) is 11.1. The van der Waals surface area contributed by atoms with Gasteiger partial charge < -0.3 is 5.11 Å². The maximum Gasteiger partial charge on any atom is 0.126 e. The van der Waals surface area contributed by atoms with Crippen molar-refractivity contribution in [1.29, 1.82) is 0 Å². The van der Waals surface area contributed by atoms with Crippen molar-refractivity contribution < 1.29 is 9.50 Å². The third-order valence-electron chi connectivity index (χ3n) is 1.83. The largest absolute Gasteiger partial charge is 0.508 e. The number of aryl methyl sites for hydroxylation is 1. The molecule has 0 radical (unpaired) electrons. The Balaban J connectivity index is 0.000000151. The van der Waals surface area contributed by atoms with Crippen LogP contribution in [0.25, 0.3) is 0 Å². The van der Waals surface area contributed by atoms with Crippen LogP contribution in [-0.4, -0.2) is 5.11 Å². The number of halogens is 1. The minimum absolute atomic E-state index is 0.132. The molecule has 0 spiro atoms. The van der Waals surface area contributed by atoms with Crippen molar-refractivity contribution in [1.82, 2.24) is 0 Å². The van der Waals surface area contributed by atoms with Gasteiger partial charge in [0, 0.05) is 0 Å². The first kappa shape index (κ1) is 11.2. The lowest BCUT2D eigenvalue weighted by molar-refractivity contribution is 0.475. The molecule has 0 atom stereocenters. The summed E-state index contributed by atoms with van der Waals surface area (Å²) < 4.78 is 12.3. The minimum atomic E-state index is -0.132. The van der Waals surface area contributed by atoms with E-state index in [0.29, 0.717) is 11.3 Å². The van der Waals surface area contributed by atoms with E-state index in [9.17, 15) is 4.39 Å². The number of phenolic OH excluding ortho intramolecular Hbond substituents is 1. The Morgan fingerprint density at radius 3 is 1.73 bits per heavy atom. The van der Waals surface area contributed by atoms with E-state index >= 15 is 0 Å². The lowest BCUT2D eigenvalue weighted by atomic mass is 10.2. The molecule has 0 aromatic heterocycles. The van der Waals surface area contributed by atoms with Gasteiger partial charge in [0.05, 0.1) is 0 Å². The molecule has 0 heterocycles. The van der Waals surface area contributed by atoms with E-state index in [0.717, 1.165) is 0 Å². The number of rotatable bonds is 0. The molecule has 0 aliphatic rings. The first-order chi connectivity index (χ1) is 7.20. The summed E-state index contributed by atoms with van der Waals surface area (Å²) in [4.78, 5) is 0. The zero-order valence-corrected chi connectivity index (χ0v) is 8.52. The summed E-state index contributed by atoms with van der Waals surface area (Å²) in [6.45, 7) is 1.75. The fourth-order valence-electron chi connectivity index (χ4n) is 0.979. The van der Waals surface area contributed by atoms with Crippen molar-refractivity contribution >= 4 is 0 Å². The fourth-order valence-corrected chi connectivity index (χ4v) is 0.979. The van der Waals surface area contributed by atoms with Crippen LogP contribution in [0.15, 0.2) is 54.6 Å². The molecule has 0 unspecified atom stereocenters. The van der Waals surface area contributed by atoms with Gasteiger partial charge in [-0.2, -0.15) is 0 Å². The van der Waals surface area contributed by atoms with E-state index in [4.69, 9.17) is 5.11 Å². The van der Waals surface area contributed by atoms with Gasteiger partial charge in [0.2, 0.25) is 0 Å². The maximum atomic E-state index is 12.3. The van der Waals surface area contributed by atoms with E-state index in [-0.39, 0.29) is 5.82 Å². The molecule has 0 fully saturated rings. The Kier molecular flexibility index (Phi) is 4.35. The van der Waals surface area contributed by atoms with E-state index in [1.165, 1.54) is 6.07 Å². The average Bonchev–Trinajstić information content (AvgIpc) is 2.25. The molecular weight excluding hydrogens is 191 g/mol. The molecule has 1 N–H and O–H groups in total. The number of benzene rings is 2. The molecule has 0 bridgehead atoms. The minimum Gasteiger partial charge on any atom is -0.508 e. The summed E-state index contributed by atoms with van der Waals surface area (Å²) in [5.41, 5.74) is 0.701. The average molecular weight is 204 g/mol. The van der Waals surface area contributed by atoms with Crippen molar-refractivity contribution in [2.24, 2.45) is 0 Å². The number of para-hydroxylation sites is 1. The van der Waals surface area contributed by atoms with Gasteiger partial charge in [0.1, 0.15) is 11.6 Å². The van der Waals surface area contributed by atoms with Crippen LogP contribution in [-0.2, 0) is 0 Å². The first-order valence-electron chi connectivity index (χ1n) is 4.65. The van der Waals surface area contributed by atoms with Crippen molar-refractivity contribution in [2.75, 3.05) is 0 Å². The topological polar surface area (TPSA) is 20.2 Å². The summed E-state index contributed by atoms with van der Waals surface area (Å²) in [6.07, 6.45) is 0. The van der Waals surface area contributed by atoms with E-state index < -0.39 is 0 Å². The van der Waals surface area contributed by atoms with Crippen LogP contribution in [0, 0.1) is 12.7 Å². The van der Waals surface area contributed by atoms with Gasteiger partial charge in [-0.15, -0.1) is 0 Å². The molecule has 0 aliphatic carbocycles. The highest BCUT2D eigenvalue weighted by Crippen LogP contribution is 2.03. The second kappa shape index (κ2) is 5.81. The molecule has 1 nitrogen and oxygen atoms in total. The smallest absolute Gasteiger partial charge is 0.126 e. The molecule has 2 heteroatoms. The predicted molar refractivity (Wildman–Crippen MR) is 59.2 cm³/mol.